The van der Waals surface area contributed by atoms with Crippen LogP contribution < -0.4 is 21.5 Å². The van der Waals surface area contributed by atoms with Crippen LogP contribution in [0, 0.1) is 0 Å². The Bertz CT molecular complexity index is 513. The van der Waals surface area contributed by atoms with Gasteiger partial charge in [0.2, 0.25) is 6.33 Å². The van der Waals surface area contributed by atoms with Gasteiger partial charge in [-0.2, -0.15) is 0 Å². The van der Waals surface area contributed by atoms with E-state index in [0.717, 1.165) is 25.3 Å². The minimum atomic E-state index is 0. The zero-order valence-electron chi connectivity index (χ0n) is 12.8. The lowest BCUT2D eigenvalue weighted by molar-refractivity contribution is -0.758. The summed E-state index contributed by atoms with van der Waals surface area (Å²) in [5.74, 6) is 1.09. The predicted octanol–water partition coefficient (Wildman–Crippen LogP) is -0.628. The molecule has 2 heterocycles. The van der Waals surface area contributed by atoms with Crippen LogP contribution in [0.5, 0.6) is 0 Å². The first-order chi connectivity index (χ1) is 9.24. The van der Waals surface area contributed by atoms with Crippen molar-refractivity contribution >= 4 is 17.0 Å². The van der Waals surface area contributed by atoms with E-state index in [-0.39, 0.29) is 40.2 Å². The van der Waals surface area contributed by atoms with E-state index in [4.69, 9.17) is 4.74 Å². The second kappa shape index (κ2) is 10.1. The number of rotatable bonds is 7. The summed E-state index contributed by atoms with van der Waals surface area (Å²) in [5.41, 5.74) is 0. The summed E-state index contributed by atoms with van der Waals surface area (Å²) in [6, 6.07) is 0. The molecule has 120 valence electrons. The maximum absolute atomic E-state index is 5.85. The Morgan fingerprint density at radius 3 is 2.67 bits per heavy atom. The molecular weight excluding hydrogens is 400 g/mol. The molecule has 0 N–H and O–H groups in total. The molecule has 0 aromatic carbocycles. The van der Waals surface area contributed by atoms with E-state index in [0.29, 0.717) is 6.61 Å². The number of imidazole rings is 2. The van der Waals surface area contributed by atoms with Crippen LogP contribution in [0.2, 0.25) is 0 Å². The Morgan fingerprint density at radius 1 is 1.29 bits per heavy atom. The molecule has 2 aromatic rings. The van der Waals surface area contributed by atoms with Gasteiger partial charge < -0.3 is 26.3 Å². The number of aryl methyl sites for hydroxylation is 2. The van der Waals surface area contributed by atoms with Crippen molar-refractivity contribution in [2.45, 2.75) is 46.5 Å². The molecule has 0 aliphatic heterocycles. The largest absolute Gasteiger partial charge is 1.00 e. The van der Waals surface area contributed by atoms with E-state index in [1.165, 1.54) is 0 Å². The molecule has 2 aromatic heterocycles. The summed E-state index contributed by atoms with van der Waals surface area (Å²) in [7, 11) is 0. The van der Waals surface area contributed by atoms with E-state index in [2.05, 4.69) is 52.0 Å². The summed E-state index contributed by atoms with van der Waals surface area (Å²) in [5, 5.41) is 0. The molecule has 2 rings (SSSR count). The highest BCUT2D eigenvalue weighted by molar-refractivity contribution is 8.93. The highest BCUT2D eigenvalue weighted by atomic mass is 79.9. The van der Waals surface area contributed by atoms with Gasteiger partial charge in [-0.25, -0.2) is 14.1 Å². The second-order valence-corrected chi connectivity index (χ2v) is 4.54. The number of hydrogen-bond donors (Lipinski definition) is 0. The van der Waals surface area contributed by atoms with E-state index in [9.17, 15) is 0 Å². The Morgan fingerprint density at radius 2 is 2.05 bits per heavy atom. The van der Waals surface area contributed by atoms with E-state index >= 15 is 0 Å². The normalized spacial score (nSPS) is 11.6. The van der Waals surface area contributed by atoms with Gasteiger partial charge in [-0.3, -0.25) is 0 Å². The lowest BCUT2D eigenvalue weighted by Crippen LogP contribution is -3.00. The van der Waals surface area contributed by atoms with Crippen LogP contribution in [-0.4, -0.2) is 20.7 Å². The number of halogens is 2. The topological polar surface area (TPSA) is 35.9 Å². The van der Waals surface area contributed by atoms with Gasteiger partial charge in [0.05, 0.1) is 13.2 Å². The molecule has 0 spiro atoms. The zero-order valence-corrected chi connectivity index (χ0v) is 16.1. The van der Waals surface area contributed by atoms with Crippen LogP contribution in [0.15, 0.2) is 31.1 Å². The first kappa shape index (κ1) is 20.3. The molecule has 0 fully saturated rings. The number of ether oxygens (including phenoxy) is 1. The van der Waals surface area contributed by atoms with Crippen molar-refractivity contribution in [3.05, 3.63) is 36.9 Å². The Kier molecular flexibility index (Phi) is 9.81. The van der Waals surface area contributed by atoms with Crippen molar-refractivity contribution in [2.24, 2.45) is 0 Å². The molecule has 0 radical (unpaired) electrons. The number of nitrogens with zero attached hydrogens (tertiary/aromatic N) is 4. The van der Waals surface area contributed by atoms with Crippen LogP contribution in [0.4, 0.5) is 0 Å². The minimum Gasteiger partial charge on any atom is -1.00 e. The van der Waals surface area contributed by atoms with Gasteiger partial charge >= 0.3 is 0 Å². The maximum Gasteiger partial charge on any atom is 0.245 e. The Balaban J connectivity index is 0.00000200. The molecule has 21 heavy (non-hydrogen) atoms. The smallest absolute Gasteiger partial charge is 0.245 e. The molecule has 5 nitrogen and oxygen atoms in total. The summed E-state index contributed by atoms with van der Waals surface area (Å²) >= 11 is 0. The average Bonchev–Trinajstić information content (AvgIpc) is 3.07. The summed E-state index contributed by atoms with van der Waals surface area (Å²) in [4.78, 5) is 4.35. The van der Waals surface area contributed by atoms with Gasteiger partial charge in [-0.05, 0) is 13.8 Å². The van der Waals surface area contributed by atoms with Crippen LogP contribution >= 0.6 is 17.0 Å². The SMILES string of the molecule is Br.CCn1cc[n+](C(C)OCCc2nccn2CC)c1.[Br-]. The van der Waals surface area contributed by atoms with Crippen molar-refractivity contribution in [2.75, 3.05) is 6.61 Å². The monoisotopic (exact) mass is 422 g/mol. The van der Waals surface area contributed by atoms with Gasteiger partial charge in [0, 0.05) is 32.3 Å². The molecule has 7 heteroatoms. The van der Waals surface area contributed by atoms with E-state index < -0.39 is 0 Å². The molecule has 1 atom stereocenters. The maximum atomic E-state index is 5.85. The molecule has 0 aliphatic carbocycles. The third-order valence-electron chi connectivity index (χ3n) is 3.32. The first-order valence-corrected chi connectivity index (χ1v) is 6.92. The molecular formula is C14H24Br2N4O. The predicted molar refractivity (Wildman–Crippen MR) is 82.9 cm³/mol. The Labute approximate surface area is 147 Å². The van der Waals surface area contributed by atoms with Gasteiger partial charge in [0.1, 0.15) is 18.2 Å². The molecule has 0 bridgehead atoms. The summed E-state index contributed by atoms with van der Waals surface area (Å²) in [6.07, 6.45) is 10.9. The van der Waals surface area contributed by atoms with Crippen molar-refractivity contribution in [3.8, 4) is 0 Å². The number of aromatic nitrogens is 4. The van der Waals surface area contributed by atoms with Gasteiger partial charge in [0.25, 0.3) is 0 Å². The van der Waals surface area contributed by atoms with Gasteiger partial charge in [-0.1, -0.05) is 0 Å². The van der Waals surface area contributed by atoms with Crippen LogP contribution in [-0.2, 0) is 24.2 Å². The number of hydrogen-bond acceptors (Lipinski definition) is 2. The lowest BCUT2D eigenvalue weighted by Gasteiger charge is -2.10. The standard InChI is InChI=1S/C14H23N4O.2BrH/c1-4-16-9-10-18(12-16)13(3)19-11-6-14-15-7-8-17(14)5-2;;/h7-10,12-13H,4-6,11H2,1-3H3;2*1H/q+1;;/p-1. The molecule has 1 unspecified atom stereocenters. The van der Waals surface area contributed by atoms with Crippen molar-refractivity contribution in [1.82, 2.24) is 14.1 Å². The fourth-order valence-electron chi connectivity index (χ4n) is 2.08. The van der Waals surface area contributed by atoms with Crippen molar-refractivity contribution in [3.63, 3.8) is 0 Å². The quantitative estimate of drug-likeness (QED) is 0.556. The molecule has 0 saturated carbocycles. The van der Waals surface area contributed by atoms with Crippen LogP contribution in [0.3, 0.4) is 0 Å². The first-order valence-electron chi connectivity index (χ1n) is 6.92. The lowest BCUT2D eigenvalue weighted by atomic mass is 10.4. The zero-order chi connectivity index (χ0) is 13.7. The highest BCUT2D eigenvalue weighted by Crippen LogP contribution is 2.03. The Hall–Kier alpha value is -0.660. The van der Waals surface area contributed by atoms with Crippen LogP contribution in [0.1, 0.15) is 32.8 Å². The molecule has 0 saturated heterocycles. The fraction of sp³-hybridized carbons (Fsp3) is 0.571. The highest BCUT2D eigenvalue weighted by Gasteiger charge is 2.11. The minimum absolute atomic E-state index is 0. The summed E-state index contributed by atoms with van der Waals surface area (Å²) in [6.45, 7) is 8.93. The van der Waals surface area contributed by atoms with E-state index in [1.807, 2.05) is 18.6 Å². The molecule has 0 amide bonds. The molecule has 0 aliphatic rings. The van der Waals surface area contributed by atoms with Gasteiger partial charge in [-0.15, -0.1) is 17.0 Å². The van der Waals surface area contributed by atoms with E-state index in [1.54, 1.807) is 0 Å². The fourth-order valence-corrected chi connectivity index (χ4v) is 2.08. The average molecular weight is 424 g/mol. The van der Waals surface area contributed by atoms with Crippen molar-refractivity contribution in [1.29, 1.82) is 0 Å². The second-order valence-electron chi connectivity index (χ2n) is 4.54. The third kappa shape index (κ3) is 5.56. The summed E-state index contributed by atoms with van der Waals surface area (Å²) < 4.78 is 12.2. The van der Waals surface area contributed by atoms with Gasteiger partial charge in [0.15, 0.2) is 6.23 Å². The van der Waals surface area contributed by atoms with Crippen LogP contribution in [0.25, 0.3) is 0 Å². The third-order valence-corrected chi connectivity index (χ3v) is 3.32. The van der Waals surface area contributed by atoms with Crippen molar-refractivity contribution < 1.29 is 26.3 Å².